The summed E-state index contributed by atoms with van der Waals surface area (Å²) < 4.78 is 0. The van der Waals surface area contributed by atoms with Crippen molar-refractivity contribution >= 4 is 17.4 Å². The van der Waals surface area contributed by atoms with Gasteiger partial charge >= 0.3 is 0 Å². The number of fused-ring (bicyclic) bond motifs is 1. The highest BCUT2D eigenvalue weighted by atomic mass is 16.6. The van der Waals surface area contributed by atoms with Gasteiger partial charge in [-0.3, -0.25) is 14.9 Å². The summed E-state index contributed by atoms with van der Waals surface area (Å²) in [5.74, 6) is 1.37. The molecular formula is C26H28N6O3. The van der Waals surface area contributed by atoms with Crippen molar-refractivity contribution in [3.63, 3.8) is 0 Å². The van der Waals surface area contributed by atoms with E-state index in [-0.39, 0.29) is 11.6 Å². The maximum Gasteiger partial charge on any atom is 0.273 e. The standard InChI is InChI=1S/C26H28N6O3/c1-18-8-9-20(16-23(18)32(34)35)26(33)31-11-10-22-21(17-31)25(30-14-12-29(2)13-15-30)28-24(27-22)19-6-4-3-5-7-19/h3-9,16H,10-15,17H2,1-2H3. The van der Waals surface area contributed by atoms with Crippen molar-refractivity contribution in [3.05, 3.63) is 81.0 Å². The van der Waals surface area contributed by atoms with E-state index in [9.17, 15) is 14.9 Å². The maximum atomic E-state index is 13.4. The molecule has 0 N–H and O–H groups in total. The molecule has 2 aromatic carbocycles. The minimum Gasteiger partial charge on any atom is -0.354 e. The van der Waals surface area contributed by atoms with Crippen molar-refractivity contribution in [1.29, 1.82) is 0 Å². The number of aryl methyl sites for hydroxylation is 1. The molecule has 0 atom stereocenters. The minimum absolute atomic E-state index is 0.0396. The zero-order valence-corrected chi connectivity index (χ0v) is 20.0. The normalized spacial score (nSPS) is 16.2. The fraction of sp³-hybridized carbons (Fsp3) is 0.346. The lowest BCUT2D eigenvalue weighted by atomic mass is 10.0. The lowest BCUT2D eigenvalue weighted by Crippen LogP contribution is -2.46. The van der Waals surface area contributed by atoms with E-state index in [0.29, 0.717) is 36.5 Å². The number of benzene rings is 2. The summed E-state index contributed by atoms with van der Waals surface area (Å²) in [5.41, 5.74) is 3.73. The highest BCUT2D eigenvalue weighted by Crippen LogP contribution is 2.31. The van der Waals surface area contributed by atoms with Crippen molar-refractivity contribution < 1.29 is 9.72 Å². The molecule has 3 heterocycles. The molecule has 3 aromatic rings. The Morgan fingerprint density at radius 3 is 2.46 bits per heavy atom. The van der Waals surface area contributed by atoms with Gasteiger partial charge in [0.15, 0.2) is 5.82 Å². The second-order valence-corrected chi connectivity index (χ2v) is 9.19. The van der Waals surface area contributed by atoms with E-state index in [1.807, 2.05) is 30.3 Å². The molecule has 1 fully saturated rings. The molecule has 1 amide bonds. The largest absolute Gasteiger partial charge is 0.354 e. The van der Waals surface area contributed by atoms with Gasteiger partial charge in [0.2, 0.25) is 0 Å². The van der Waals surface area contributed by atoms with Crippen LogP contribution in [0.1, 0.15) is 27.2 Å². The number of hydrogen-bond acceptors (Lipinski definition) is 7. The number of anilines is 1. The molecule has 0 aliphatic carbocycles. The van der Waals surface area contributed by atoms with Crippen LogP contribution in [-0.4, -0.2) is 70.4 Å². The van der Waals surface area contributed by atoms with Crippen LogP contribution in [0.2, 0.25) is 0 Å². The van der Waals surface area contributed by atoms with Crippen LogP contribution in [0.4, 0.5) is 11.5 Å². The van der Waals surface area contributed by atoms with E-state index in [1.165, 1.54) is 6.07 Å². The smallest absolute Gasteiger partial charge is 0.273 e. The number of carbonyl (C=O) groups excluding carboxylic acids is 1. The highest BCUT2D eigenvalue weighted by Gasteiger charge is 2.30. The number of carbonyl (C=O) groups is 1. The Morgan fingerprint density at radius 2 is 1.74 bits per heavy atom. The van der Waals surface area contributed by atoms with Gasteiger partial charge in [0.1, 0.15) is 5.82 Å². The van der Waals surface area contributed by atoms with Crippen LogP contribution >= 0.6 is 0 Å². The average Bonchev–Trinajstić information content (AvgIpc) is 2.88. The number of hydrogen-bond donors (Lipinski definition) is 0. The Morgan fingerprint density at radius 1 is 1.00 bits per heavy atom. The second kappa shape index (κ2) is 9.42. The highest BCUT2D eigenvalue weighted by molar-refractivity contribution is 5.95. The number of piperazine rings is 1. The molecule has 1 aromatic heterocycles. The van der Waals surface area contributed by atoms with E-state index in [4.69, 9.17) is 9.97 Å². The Balaban J connectivity index is 1.50. The van der Waals surface area contributed by atoms with Gasteiger partial charge in [0, 0.05) is 67.5 Å². The van der Waals surface area contributed by atoms with Gasteiger partial charge in [0.05, 0.1) is 17.2 Å². The van der Waals surface area contributed by atoms with E-state index < -0.39 is 4.92 Å². The van der Waals surface area contributed by atoms with Crippen molar-refractivity contribution in [2.75, 3.05) is 44.7 Å². The molecule has 2 aliphatic heterocycles. The molecule has 0 saturated carbocycles. The monoisotopic (exact) mass is 472 g/mol. The summed E-state index contributed by atoms with van der Waals surface area (Å²) in [5, 5.41) is 11.4. The first-order valence-electron chi connectivity index (χ1n) is 11.8. The molecule has 9 heteroatoms. The molecule has 1 saturated heterocycles. The number of nitrogens with zero attached hydrogens (tertiary/aromatic N) is 6. The first-order chi connectivity index (χ1) is 16.9. The minimum atomic E-state index is -0.442. The Bertz CT molecular complexity index is 1270. The molecule has 0 spiro atoms. The number of aromatic nitrogens is 2. The van der Waals surface area contributed by atoms with Crippen LogP contribution in [-0.2, 0) is 13.0 Å². The topological polar surface area (TPSA) is 95.7 Å². The molecule has 0 radical (unpaired) electrons. The van der Waals surface area contributed by atoms with Gasteiger partial charge < -0.3 is 14.7 Å². The average molecular weight is 473 g/mol. The Hall–Kier alpha value is -3.85. The van der Waals surface area contributed by atoms with Gasteiger partial charge in [-0.25, -0.2) is 9.97 Å². The van der Waals surface area contributed by atoms with Gasteiger partial charge in [-0.05, 0) is 20.0 Å². The molecule has 0 unspecified atom stereocenters. The predicted octanol–water partition coefficient (Wildman–Crippen LogP) is 3.31. The first kappa shape index (κ1) is 22.9. The van der Waals surface area contributed by atoms with Gasteiger partial charge in [-0.15, -0.1) is 0 Å². The van der Waals surface area contributed by atoms with Crippen molar-refractivity contribution in [2.45, 2.75) is 19.9 Å². The summed E-state index contributed by atoms with van der Waals surface area (Å²) in [6, 6.07) is 14.6. The molecular weight excluding hydrogens is 444 g/mol. The third kappa shape index (κ3) is 4.59. The lowest BCUT2D eigenvalue weighted by Gasteiger charge is -2.37. The van der Waals surface area contributed by atoms with Crippen LogP contribution in [0.25, 0.3) is 11.4 Å². The van der Waals surface area contributed by atoms with Gasteiger partial charge in [-0.2, -0.15) is 0 Å². The van der Waals surface area contributed by atoms with Crippen LogP contribution < -0.4 is 4.90 Å². The fourth-order valence-electron chi connectivity index (χ4n) is 4.69. The molecule has 0 bridgehead atoms. The zero-order valence-electron chi connectivity index (χ0n) is 20.0. The van der Waals surface area contributed by atoms with Gasteiger partial charge in [0.25, 0.3) is 11.6 Å². The Kier molecular flexibility index (Phi) is 6.17. The SMILES string of the molecule is Cc1ccc(C(=O)N2CCc3nc(-c4ccccc4)nc(N4CCN(C)CC4)c3C2)cc1[N+](=O)[O-]. The fourth-order valence-corrected chi connectivity index (χ4v) is 4.69. The molecule has 180 valence electrons. The Labute approximate surface area is 204 Å². The maximum absolute atomic E-state index is 13.4. The summed E-state index contributed by atoms with van der Waals surface area (Å²) in [6.45, 7) is 6.14. The summed E-state index contributed by atoms with van der Waals surface area (Å²) in [6.07, 6.45) is 0.609. The van der Waals surface area contributed by atoms with E-state index in [0.717, 1.165) is 48.8 Å². The molecule has 5 rings (SSSR count). The number of likely N-dealkylation sites (N-methyl/N-ethyl adjacent to an activating group) is 1. The number of rotatable bonds is 4. The van der Waals surface area contributed by atoms with Crippen molar-refractivity contribution in [3.8, 4) is 11.4 Å². The lowest BCUT2D eigenvalue weighted by molar-refractivity contribution is -0.385. The van der Waals surface area contributed by atoms with Crippen molar-refractivity contribution in [2.24, 2.45) is 0 Å². The molecule has 35 heavy (non-hydrogen) atoms. The van der Waals surface area contributed by atoms with Crippen LogP contribution in [0.3, 0.4) is 0 Å². The summed E-state index contributed by atoms with van der Waals surface area (Å²) in [7, 11) is 2.11. The quantitative estimate of drug-likeness (QED) is 0.425. The number of nitro benzene ring substituents is 1. The zero-order chi connectivity index (χ0) is 24.5. The van der Waals surface area contributed by atoms with Crippen LogP contribution in [0, 0.1) is 17.0 Å². The van der Waals surface area contributed by atoms with Crippen LogP contribution in [0.5, 0.6) is 0 Å². The summed E-state index contributed by atoms with van der Waals surface area (Å²) in [4.78, 5) is 40.5. The van der Waals surface area contributed by atoms with E-state index in [2.05, 4.69) is 16.8 Å². The second-order valence-electron chi connectivity index (χ2n) is 9.19. The predicted molar refractivity (Wildman–Crippen MR) is 133 cm³/mol. The van der Waals surface area contributed by atoms with E-state index >= 15 is 0 Å². The number of nitro groups is 1. The molecule has 9 nitrogen and oxygen atoms in total. The third-order valence-electron chi connectivity index (χ3n) is 6.81. The molecule has 2 aliphatic rings. The van der Waals surface area contributed by atoms with Crippen LogP contribution in [0.15, 0.2) is 48.5 Å². The summed E-state index contributed by atoms with van der Waals surface area (Å²) >= 11 is 0. The first-order valence-corrected chi connectivity index (χ1v) is 11.8. The van der Waals surface area contributed by atoms with E-state index in [1.54, 1.807) is 24.0 Å². The van der Waals surface area contributed by atoms with Gasteiger partial charge in [-0.1, -0.05) is 36.4 Å². The van der Waals surface area contributed by atoms with Crippen molar-refractivity contribution in [1.82, 2.24) is 19.8 Å². The number of amides is 1. The third-order valence-corrected chi connectivity index (χ3v) is 6.81.